The van der Waals surface area contributed by atoms with Gasteiger partial charge in [0.05, 0.1) is 25.0 Å². The smallest absolute Gasteiger partial charge is 0.148 e. The maximum Gasteiger partial charge on any atom is 0.148 e. The second-order valence-electron chi connectivity index (χ2n) is 21.8. The van der Waals surface area contributed by atoms with Crippen molar-refractivity contribution in [2.75, 3.05) is 0 Å². The summed E-state index contributed by atoms with van der Waals surface area (Å²) < 4.78 is 183. The Kier molecular flexibility index (Phi) is 8.74. The van der Waals surface area contributed by atoms with Gasteiger partial charge in [-0.15, -0.1) is 29.3 Å². The Morgan fingerprint density at radius 1 is 0.493 bits per heavy atom. The van der Waals surface area contributed by atoms with Gasteiger partial charge in [-0.05, 0) is 102 Å². The molecule has 0 saturated carbocycles. The van der Waals surface area contributed by atoms with Gasteiger partial charge in [0, 0.05) is 68.8 Å². The number of imidazole rings is 1. The van der Waals surface area contributed by atoms with E-state index in [1.807, 2.05) is 133 Å². The van der Waals surface area contributed by atoms with Crippen LogP contribution in [-0.2, 0) is 48.1 Å². The Morgan fingerprint density at radius 3 is 1.73 bits per heavy atom. The summed E-state index contributed by atoms with van der Waals surface area (Å²) in [5.74, 6) is -2.37. The van der Waals surface area contributed by atoms with Crippen LogP contribution < -0.4 is 0 Å². The van der Waals surface area contributed by atoms with E-state index in [0.29, 0.717) is 44.6 Å². The summed E-state index contributed by atoms with van der Waals surface area (Å²) in [6.45, 7) is -7.88. The first-order valence-electron chi connectivity index (χ1n) is 34.0. The molecule has 5 heteroatoms. The Morgan fingerprint density at radius 2 is 1.11 bits per heavy atom. The van der Waals surface area contributed by atoms with E-state index in [1.165, 1.54) is 4.57 Å². The predicted octanol–water partition coefficient (Wildman–Crippen LogP) is 18.4. The van der Waals surface area contributed by atoms with Gasteiger partial charge in [-0.25, -0.2) is 4.98 Å². The number of aromatic hydroxyl groups is 1. The van der Waals surface area contributed by atoms with Crippen LogP contribution >= 0.6 is 0 Å². The van der Waals surface area contributed by atoms with Crippen molar-refractivity contribution in [3.63, 3.8) is 0 Å². The number of aromatic nitrogens is 3. The minimum absolute atomic E-state index is 0. The summed E-state index contributed by atoms with van der Waals surface area (Å²) in [5.41, 5.74) is -6.34. The van der Waals surface area contributed by atoms with Gasteiger partial charge in [0.2, 0.25) is 0 Å². The minimum atomic E-state index is -4.46. The second-order valence-corrected chi connectivity index (χ2v) is 21.8. The fraction of sp³-hybridized carbons (Fsp3) is 0.294. The molecule has 2 heterocycles. The summed E-state index contributed by atoms with van der Waals surface area (Å²) in [6.07, 6.45) is 1.70. The number of phenolic OH excluding ortho intramolecular Hbond substituents is 1. The summed E-state index contributed by atoms with van der Waals surface area (Å²) in [7, 11) is 0. The fourth-order valence-corrected chi connectivity index (χ4v) is 9.14. The largest absolute Gasteiger partial charge is 0.507 e. The van der Waals surface area contributed by atoms with E-state index >= 15 is 0 Å². The molecule has 4 nitrogen and oxygen atoms in total. The maximum atomic E-state index is 13.5. The van der Waals surface area contributed by atoms with Gasteiger partial charge in [0.1, 0.15) is 11.6 Å². The first kappa shape index (κ1) is 32.8. The van der Waals surface area contributed by atoms with Crippen LogP contribution in [0.5, 0.6) is 5.75 Å². The first-order chi connectivity index (χ1) is 42.1. The molecule has 1 N–H and O–H groups in total. The SMILES string of the molecule is [2H]c1c(-c2nc3c(-c4[c-]c(-c5cc(-c6ccc(C(C)(C)C)cc6)ccn5)cc(C(C)(C)C)c4)cccc3n2-c2c(-c3ccccc3)cc(-c3ccccc3)cc2C(C)(C)C)c(O)c(C(C([2H])([2H])[2H])(C([2H])([2H])[2H])C([2H])([2H])[2H])c([2H])c1C(C([2H])([2H])[2H])(C([2H])([2H])[2H])C([2H])([2H])[2H].[Pt]. The molecule has 9 rings (SSSR count). The molecule has 2 aromatic heterocycles. The van der Waals surface area contributed by atoms with Crippen LogP contribution in [0.3, 0.4) is 0 Å². The molecule has 0 radical (unpaired) electrons. The third-order valence-corrected chi connectivity index (χ3v) is 13.1. The number of fused-ring (bicyclic) bond motifs is 1. The van der Waals surface area contributed by atoms with Crippen LogP contribution in [0.15, 0.2) is 158 Å². The fourth-order valence-electron chi connectivity index (χ4n) is 9.14. The third-order valence-electron chi connectivity index (χ3n) is 13.1. The molecule has 0 saturated heterocycles. The molecule has 0 spiro atoms. The van der Waals surface area contributed by atoms with Gasteiger partial charge in [-0.2, -0.15) is 0 Å². The first-order valence-corrected chi connectivity index (χ1v) is 24.0. The molecule has 0 bridgehead atoms. The molecule has 376 valence electrons. The molecule has 0 aliphatic rings. The number of rotatable bonds is 7. The quantitative estimate of drug-likeness (QED) is 0.162. The van der Waals surface area contributed by atoms with Crippen molar-refractivity contribution < 1.29 is 53.6 Å². The number of phenols is 1. The monoisotopic (exact) mass is 1160 g/mol. The molecule has 0 fully saturated rings. The van der Waals surface area contributed by atoms with Crippen LogP contribution in [-0.4, -0.2) is 19.6 Å². The second kappa shape index (κ2) is 19.5. The van der Waals surface area contributed by atoms with Gasteiger partial charge in [-0.3, -0.25) is 9.55 Å². The average Bonchev–Trinajstić information content (AvgIpc) is 1.17. The van der Waals surface area contributed by atoms with Crippen LogP contribution in [0.25, 0.3) is 83.9 Å². The topological polar surface area (TPSA) is 50.9 Å². The molecular weight excluding hydrogens is 1070 g/mol. The van der Waals surface area contributed by atoms with Crippen molar-refractivity contribution in [2.45, 2.75) is 130 Å². The van der Waals surface area contributed by atoms with Gasteiger partial charge >= 0.3 is 0 Å². The predicted molar refractivity (Wildman–Crippen MR) is 305 cm³/mol. The standard InChI is InChI=1S/C68H72N3O.Pt/c1-64(2,3)50-31-29-44(30-32-50)46-33-34-69-58(40-46)49-35-48(36-51(37-49)65(4,5)6)53-27-22-28-59-60(53)70-63(55-41-52(66(7,8)9)42-57(62(55)72)68(13,14)15)71(59)61-54(45-25-20-17-21-26-45)38-47(39-56(61)67(10,11)12)43-23-18-16-19-24-43;/h16-34,36-42,72H,1-15H3;/q-1;/i7D3,8D3,9D3,13D3,14D3,15D3,41D,42D;. The van der Waals surface area contributed by atoms with Crippen molar-refractivity contribution in [3.05, 3.63) is 192 Å². The Bertz CT molecular complexity index is 4120. The van der Waals surface area contributed by atoms with E-state index in [1.54, 1.807) is 42.6 Å². The van der Waals surface area contributed by atoms with Crippen LogP contribution in [0.4, 0.5) is 0 Å². The Hall–Kier alpha value is -6.35. The van der Waals surface area contributed by atoms with E-state index in [-0.39, 0.29) is 43.2 Å². The molecule has 0 aliphatic heterocycles. The van der Waals surface area contributed by atoms with Gasteiger partial charge in [-0.1, -0.05) is 224 Å². The zero-order valence-corrected chi connectivity index (χ0v) is 44.7. The summed E-state index contributed by atoms with van der Waals surface area (Å²) in [5, 5.41) is 13.5. The molecular formula is C68H72N3OPt-. The molecule has 0 amide bonds. The molecule has 7 aromatic carbocycles. The molecule has 73 heavy (non-hydrogen) atoms. The van der Waals surface area contributed by atoms with Crippen LogP contribution in [0, 0.1) is 6.07 Å². The van der Waals surface area contributed by atoms with Gasteiger partial charge < -0.3 is 5.11 Å². The number of nitrogens with zero attached hydrogens (tertiary/aromatic N) is 3. The van der Waals surface area contributed by atoms with Crippen molar-refractivity contribution in [3.8, 4) is 78.6 Å². The normalized spacial score (nSPS) is 17.6. The van der Waals surface area contributed by atoms with E-state index in [0.717, 1.165) is 27.8 Å². The molecule has 0 aliphatic carbocycles. The van der Waals surface area contributed by atoms with Crippen molar-refractivity contribution in [2.24, 2.45) is 0 Å². The number of hydrogen-bond acceptors (Lipinski definition) is 3. The van der Waals surface area contributed by atoms with Crippen LogP contribution in [0.2, 0.25) is 0 Å². The van der Waals surface area contributed by atoms with E-state index in [9.17, 15) is 7.85 Å². The van der Waals surface area contributed by atoms with E-state index in [2.05, 4.69) is 39.0 Å². The van der Waals surface area contributed by atoms with Crippen molar-refractivity contribution >= 4 is 11.0 Å². The third kappa shape index (κ3) is 10.7. The maximum absolute atomic E-state index is 13.5. The zero-order valence-electron chi connectivity index (χ0n) is 62.5. The van der Waals surface area contributed by atoms with E-state index in [4.69, 9.17) is 34.6 Å². The summed E-state index contributed by atoms with van der Waals surface area (Å²) in [6, 6.07) is 43.3. The Labute approximate surface area is 478 Å². The Balaban J connectivity index is 0.0000111. The summed E-state index contributed by atoms with van der Waals surface area (Å²) >= 11 is 0. The average molecular weight is 1160 g/mol. The number of benzene rings is 7. The number of hydrogen-bond donors (Lipinski definition) is 1. The van der Waals surface area contributed by atoms with Crippen molar-refractivity contribution in [1.82, 2.24) is 14.5 Å². The van der Waals surface area contributed by atoms with Crippen LogP contribution in [0.1, 0.15) is 159 Å². The minimum Gasteiger partial charge on any atom is -0.507 e. The zero-order chi connectivity index (χ0) is 68.4. The van der Waals surface area contributed by atoms with Crippen molar-refractivity contribution in [1.29, 1.82) is 0 Å². The molecule has 0 atom stereocenters. The summed E-state index contributed by atoms with van der Waals surface area (Å²) in [4.78, 5) is 10.1. The molecule has 9 aromatic rings. The number of para-hydroxylation sites is 1. The molecule has 0 unspecified atom stereocenters. The number of pyridine rings is 1. The van der Waals surface area contributed by atoms with E-state index < -0.39 is 103 Å². The van der Waals surface area contributed by atoms with Gasteiger partial charge in [0.25, 0.3) is 0 Å². The van der Waals surface area contributed by atoms with Gasteiger partial charge in [0.15, 0.2) is 0 Å².